The molecule has 1 unspecified atom stereocenters. The van der Waals surface area contributed by atoms with Crippen molar-refractivity contribution in [1.82, 2.24) is 10.2 Å². The Morgan fingerprint density at radius 2 is 1.97 bits per heavy atom. The van der Waals surface area contributed by atoms with E-state index in [0.717, 1.165) is 10.6 Å². The van der Waals surface area contributed by atoms with Crippen molar-refractivity contribution in [3.8, 4) is 0 Å². The standard InChI is InChI=1S/C24H35N3O6S/c1-8-16(18-10-9-11-34-18)25-20(32-6)14(2)15-12-17(22(29)30)27(13-15)21(28)19(24(3,4)5)26-23(31)33-7/h8-11,14-15,17,19H,12-13H2,1-7H3,(H,26,31)(H,29,30)/b16-8-,25-20+/t14?,15-,17+,19-/m1/s1. The highest BCUT2D eigenvalue weighted by molar-refractivity contribution is 7.11. The molecule has 1 aliphatic rings. The molecular weight excluding hydrogens is 458 g/mol. The molecular formula is C24H35N3O6S. The van der Waals surface area contributed by atoms with Crippen LogP contribution in [0.25, 0.3) is 5.70 Å². The lowest BCUT2D eigenvalue weighted by molar-refractivity contribution is -0.150. The van der Waals surface area contributed by atoms with E-state index in [0.29, 0.717) is 5.90 Å². The molecule has 9 nitrogen and oxygen atoms in total. The molecule has 1 fully saturated rings. The maximum atomic E-state index is 13.5. The lowest BCUT2D eigenvalue weighted by Gasteiger charge is -2.34. The minimum absolute atomic E-state index is 0.191. The summed E-state index contributed by atoms with van der Waals surface area (Å²) in [5.74, 6) is -1.49. The van der Waals surface area contributed by atoms with E-state index in [4.69, 9.17) is 9.73 Å². The Hall–Kier alpha value is -2.88. The number of ether oxygens (including phenoxy) is 2. The van der Waals surface area contributed by atoms with Gasteiger partial charge in [-0.1, -0.05) is 39.8 Å². The van der Waals surface area contributed by atoms with E-state index in [9.17, 15) is 19.5 Å². The first-order valence-corrected chi connectivity index (χ1v) is 12.0. The number of amides is 2. The summed E-state index contributed by atoms with van der Waals surface area (Å²) in [7, 11) is 2.76. The zero-order valence-corrected chi connectivity index (χ0v) is 21.6. The number of carboxylic acid groups (broad SMARTS) is 1. The predicted octanol–water partition coefficient (Wildman–Crippen LogP) is 3.86. The molecule has 2 heterocycles. The van der Waals surface area contributed by atoms with Crippen molar-refractivity contribution in [3.05, 3.63) is 28.5 Å². The fourth-order valence-electron chi connectivity index (χ4n) is 4.04. The lowest BCUT2D eigenvalue weighted by Crippen LogP contribution is -2.56. The number of carbonyl (C=O) groups is 3. The minimum atomic E-state index is -1.09. The number of methoxy groups -OCH3 is 2. The van der Waals surface area contributed by atoms with Crippen molar-refractivity contribution in [3.63, 3.8) is 0 Å². The summed E-state index contributed by atoms with van der Waals surface area (Å²) in [6.07, 6.45) is 1.41. The Bertz CT molecular complexity index is 935. The highest BCUT2D eigenvalue weighted by Gasteiger charge is 2.47. The molecule has 0 aromatic carbocycles. The van der Waals surface area contributed by atoms with Gasteiger partial charge >= 0.3 is 12.1 Å². The first kappa shape index (κ1) is 27.4. The Kier molecular flexibility index (Phi) is 9.26. The third-order valence-corrected chi connectivity index (χ3v) is 6.94. The van der Waals surface area contributed by atoms with Gasteiger partial charge in [0.1, 0.15) is 12.1 Å². The molecule has 188 valence electrons. The number of allylic oxidation sites excluding steroid dienone is 1. The van der Waals surface area contributed by atoms with E-state index in [-0.39, 0.29) is 24.8 Å². The van der Waals surface area contributed by atoms with E-state index in [1.807, 2.05) is 37.4 Å². The monoisotopic (exact) mass is 493 g/mol. The molecule has 2 rings (SSSR count). The number of carbonyl (C=O) groups excluding carboxylic acids is 2. The van der Waals surface area contributed by atoms with Crippen LogP contribution in [-0.2, 0) is 19.1 Å². The van der Waals surface area contributed by atoms with Gasteiger partial charge in [0.05, 0.1) is 24.8 Å². The van der Waals surface area contributed by atoms with Crippen LogP contribution >= 0.6 is 11.3 Å². The number of nitrogens with one attached hydrogen (secondary N) is 1. The molecule has 0 radical (unpaired) electrons. The Balaban J connectivity index is 2.32. The number of hydrogen-bond donors (Lipinski definition) is 2. The third kappa shape index (κ3) is 6.37. The van der Waals surface area contributed by atoms with Gasteiger partial charge in [0, 0.05) is 12.5 Å². The summed E-state index contributed by atoms with van der Waals surface area (Å²) in [5, 5.41) is 14.4. The van der Waals surface area contributed by atoms with Crippen molar-refractivity contribution < 1.29 is 29.0 Å². The molecule has 1 saturated heterocycles. The number of likely N-dealkylation sites (tertiary alicyclic amines) is 1. The van der Waals surface area contributed by atoms with E-state index in [1.54, 1.807) is 39.2 Å². The average Bonchev–Trinajstić information content (AvgIpc) is 3.47. The number of hydrogen-bond acceptors (Lipinski definition) is 7. The smallest absolute Gasteiger partial charge is 0.407 e. The van der Waals surface area contributed by atoms with Gasteiger partial charge in [-0.3, -0.25) is 4.79 Å². The molecule has 2 amide bonds. The van der Waals surface area contributed by atoms with Crippen LogP contribution in [0, 0.1) is 17.3 Å². The van der Waals surface area contributed by atoms with Crippen LogP contribution in [0.2, 0.25) is 0 Å². The fourth-order valence-corrected chi connectivity index (χ4v) is 4.78. The van der Waals surface area contributed by atoms with Gasteiger partial charge in [0.15, 0.2) is 5.90 Å². The van der Waals surface area contributed by atoms with Gasteiger partial charge in [-0.2, -0.15) is 0 Å². The lowest BCUT2D eigenvalue weighted by atomic mass is 9.85. The van der Waals surface area contributed by atoms with Gasteiger partial charge in [-0.05, 0) is 36.1 Å². The van der Waals surface area contributed by atoms with Gasteiger partial charge in [-0.25, -0.2) is 14.6 Å². The number of nitrogens with zero attached hydrogens (tertiary/aromatic N) is 2. The first-order chi connectivity index (χ1) is 15.9. The SMILES string of the molecule is C/C=C(\N=C(\OC)C(C)[C@@H]1C[C@@H](C(=O)O)N(C(=O)[C@@H](NC(=O)OC)C(C)(C)C)C1)c1cccs1. The number of thiophene rings is 1. The number of carboxylic acids is 1. The van der Waals surface area contributed by atoms with Crippen LogP contribution in [0.3, 0.4) is 0 Å². The number of aliphatic imine (C=N–C) groups is 1. The molecule has 0 saturated carbocycles. The van der Waals surface area contributed by atoms with E-state index >= 15 is 0 Å². The largest absolute Gasteiger partial charge is 0.484 e. The summed E-state index contributed by atoms with van der Waals surface area (Å²) in [4.78, 5) is 44.5. The summed E-state index contributed by atoms with van der Waals surface area (Å²) in [5.41, 5.74) is 0.119. The third-order valence-electron chi connectivity index (χ3n) is 6.05. The van der Waals surface area contributed by atoms with E-state index in [2.05, 4.69) is 10.1 Å². The normalized spacial score (nSPS) is 21.1. The molecule has 0 bridgehead atoms. The molecule has 0 spiro atoms. The van der Waals surface area contributed by atoms with Crippen molar-refractivity contribution in [2.24, 2.45) is 22.2 Å². The summed E-state index contributed by atoms with van der Waals surface area (Å²) >= 11 is 1.57. The van der Waals surface area contributed by atoms with Crippen LogP contribution in [0.5, 0.6) is 0 Å². The molecule has 1 aromatic heterocycles. The van der Waals surface area contributed by atoms with E-state index in [1.165, 1.54) is 12.0 Å². The van der Waals surface area contributed by atoms with E-state index < -0.39 is 35.5 Å². The quantitative estimate of drug-likeness (QED) is 0.440. The minimum Gasteiger partial charge on any atom is -0.484 e. The molecule has 1 aromatic rings. The van der Waals surface area contributed by atoms with Gasteiger partial charge in [0.25, 0.3) is 0 Å². The molecule has 4 atom stereocenters. The summed E-state index contributed by atoms with van der Waals surface area (Å²) < 4.78 is 10.3. The van der Waals surface area contributed by atoms with Crippen LogP contribution in [0.4, 0.5) is 4.79 Å². The van der Waals surface area contributed by atoms with Crippen molar-refractivity contribution in [2.45, 2.75) is 53.1 Å². The summed E-state index contributed by atoms with van der Waals surface area (Å²) in [6.45, 7) is 9.44. The molecule has 1 aliphatic heterocycles. The second-order valence-electron chi connectivity index (χ2n) is 9.37. The van der Waals surface area contributed by atoms with Gasteiger partial charge in [-0.15, -0.1) is 11.3 Å². The molecule has 10 heteroatoms. The molecule has 0 aliphatic carbocycles. The van der Waals surface area contributed by atoms with Crippen molar-refractivity contribution in [1.29, 1.82) is 0 Å². The van der Waals surface area contributed by atoms with Crippen LogP contribution < -0.4 is 5.32 Å². The van der Waals surface area contributed by atoms with Gasteiger partial charge in [0.2, 0.25) is 5.91 Å². The molecule has 2 N–H and O–H groups in total. The number of alkyl carbamates (subject to hydrolysis) is 1. The van der Waals surface area contributed by atoms with Crippen molar-refractivity contribution in [2.75, 3.05) is 20.8 Å². The van der Waals surface area contributed by atoms with Gasteiger partial charge < -0.3 is 24.8 Å². The second-order valence-corrected chi connectivity index (χ2v) is 10.3. The fraction of sp³-hybridized carbons (Fsp3) is 0.583. The maximum absolute atomic E-state index is 13.5. The number of rotatable bonds is 7. The Labute approximate surface area is 204 Å². The first-order valence-electron chi connectivity index (χ1n) is 11.1. The topological polar surface area (TPSA) is 118 Å². The summed E-state index contributed by atoms with van der Waals surface area (Å²) in [6, 6.07) is 1.96. The molecule has 34 heavy (non-hydrogen) atoms. The van der Waals surface area contributed by atoms with Crippen LogP contribution in [0.1, 0.15) is 45.9 Å². The van der Waals surface area contributed by atoms with Crippen molar-refractivity contribution >= 4 is 40.9 Å². The highest BCUT2D eigenvalue weighted by Crippen LogP contribution is 2.34. The highest BCUT2D eigenvalue weighted by atomic mass is 32.1. The zero-order valence-electron chi connectivity index (χ0n) is 20.8. The second kappa shape index (κ2) is 11.5. The van der Waals surface area contributed by atoms with Crippen LogP contribution in [0.15, 0.2) is 28.6 Å². The van der Waals surface area contributed by atoms with Crippen LogP contribution in [-0.4, -0.2) is 66.7 Å². The number of aliphatic carboxylic acids is 1. The Morgan fingerprint density at radius 3 is 2.44 bits per heavy atom. The average molecular weight is 494 g/mol. The maximum Gasteiger partial charge on any atom is 0.407 e. The predicted molar refractivity (Wildman–Crippen MR) is 132 cm³/mol. The Morgan fingerprint density at radius 1 is 1.29 bits per heavy atom. The zero-order chi connectivity index (χ0) is 25.6.